The van der Waals surface area contributed by atoms with Crippen LogP contribution in [0.1, 0.15) is 30.9 Å². The molecule has 3 N–H and O–H groups in total. The van der Waals surface area contributed by atoms with Gasteiger partial charge in [-0.05, 0) is 24.0 Å². The number of hydrogen-bond donors (Lipinski definition) is 2. The van der Waals surface area contributed by atoms with Crippen molar-refractivity contribution in [3.63, 3.8) is 0 Å². The number of hydrogen-bond acceptors (Lipinski definition) is 3. The van der Waals surface area contributed by atoms with Gasteiger partial charge in [-0.15, -0.1) is 12.4 Å². The van der Waals surface area contributed by atoms with Crippen LogP contribution in [0.15, 0.2) is 18.2 Å². The Bertz CT molecular complexity index is 418. The van der Waals surface area contributed by atoms with E-state index >= 15 is 0 Å². The molecule has 0 aliphatic heterocycles. The van der Waals surface area contributed by atoms with Crippen molar-refractivity contribution in [2.75, 3.05) is 19.0 Å². The van der Waals surface area contributed by atoms with Gasteiger partial charge < -0.3 is 15.8 Å². The van der Waals surface area contributed by atoms with Crippen LogP contribution in [0.5, 0.6) is 0 Å². The Morgan fingerprint density at radius 1 is 1.42 bits per heavy atom. The quantitative estimate of drug-likeness (QED) is 0.874. The number of amides is 1. The van der Waals surface area contributed by atoms with Crippen molar-refractivity contribution in [1.82, 2.24) is 0 Å². The maximum absolute atomic E-state index is 12.0. The van der Waals surface area contributed by atoms with Crippen molar-refractivity contribution in [3.05, 3.63) is 29.3 Å². The van der Waals surface area contributed by atoms with E-state index in [1.165, 1.54) is 7.11 Å². The third-order valence-corrected chi connectivity index (χ3v) is 2.97. The third kappa shape index (κ3) is 4.49. The van der Waals surface area contributed by atoms with Gasteiger partial charge >= 0.3 is 0 Å². The zero-order chi connectivity index (χ0) is 13.7. The predicted octanol–water partition coefficient (Wildman–Crippen LogP) is 2.45. The maximum atomic E-state index is 12.0. The number of para-hydroxylation sites is 1. The molecule has 0 saturated carbocycles. The van der Waals surface area contributed by atoms with E-state index in [0.29, 0.717) is 5.92 Å². The molecule has 1 aromatic rings. The lowest BCUT2D eigenvalue weighted by Gasteiger charge is -2.19. The molecule has 0 aliphatic carbocycles. The second-order valence-corrected chi connectivity index (χ2v) is 4.64. The molecule has 0 heterocycles. The number of rotatable bonds is 5. The van der Waals surface area contributed by atoms with Gasteiger partial charge in [0.2, 0.25) is 0 Å². The van der Waals surface area contributed by atoms with E-state index in [9.17, 15) is 4.79 Å². The molecule has 0 aromatic heterocycles. The molecular formula is C14H23ClN2O2. The van der Waals surface area contributed by atoms with Crippen molar-refractivity contribution in [1.29, 1.82) is 0 Å². The molecule has 108 valence electrons. The number of benzene rings is 1. The van der Waals surface area contributed by atoms with Gasteiger partial charge in [0, 0.05) is 19.3 Å². The van der Waals surface area contributed by atoms with Crippen LogP contribution in [0.3, 0.4) is 0 Å². The largest absolute Gasteiger partial charge is 0.370 e. The average Bonchev–Trinajstić information content (AvgIpc) is 2.33. The first-order valence-electron chi connectivity index (χ1n) is 6.14. The molecule has 19 heavy (non-hydrogen) atoms. The summed E-state index contributed by atoms with van der Waals surface area (Å²) in [5, 5.41) is 2.92. The number of halogens is 1. The summed E-state index contributed by atoms with van der Waals surface area (Å²) < 4.78 is 5.04. The minimum absolute atomic E-state index is 0. The third-order valence-electron chi connectivity index (χ3n) is 2.97. The standard InChI is InChI=1S/C14H22N2O2.ClH/c1-9(2)11-7-5-6-10(3)13(11)16-14(17)12(8-15)18-4;/h5-7,9,12H,8,15H2,1-4H3,(H,16,17);1H. The highest BCUT2D eigenvalue weighted by molar-refractivity contribution is 5.95. The lowest BCUT2D eigenvalue weighted by Crippen LogP contribution is -2.36. The number of carbonyl (C=O) groups excluding carboxylic acids is 1. The zero-order valence-electron chi connectivity index (χ0n) is 11.9. The number of nitrogens with two attached hydrogens (primary N) is 1. The van der Waals surface area contributed by atoms with Crippen molar-refractivity contribution < 1.29 is 9.53 Å². The van der Waals surface area contributed by atoms with Crippen LogP contribution in [0.25, 0.3) is 0 Å². The van der Waals surface area contributed by atoms with Crippen LogP contribution >= 0.6 is 12.4 Å². The first-order valence-corrected chi connectivity index (χ1v) is 6.14. The summed E-state index contributed by atoms with van der Waals surface area (Å²) in [6.45, 7) is 6.35. The van der Waals surface area contributed by atoms with E-state index in [1.54, 1.807) is 0 Å². The van der Waals surface area contributed by atoms with Crippen molar-refractivity contribution >= 4 is 24.0 Å². The molecular weight excluding hydrogens is 264 g/mol. The smallest absolute Gasteiger partial charge is 0.254 e. The van der Waals surface area contributed by atoms with Crippen LogP contribution in [0.4, 0.5) is 5.69 Å². The summed E-state index contributed by atoms with van der Waals surface area (Å²) in [6, 6.07) is 6.00. The minimum atomic E-state index is -0.607. The molecule has 1 unspecified atom stereocenters. The molecule has 4 nitrogen and oxygen atoms in total. The maximum Gasteiger partial charge on any atom is 0.254 e. The van der Waals surface area contributed by atoms with Crippen molar-refractivity contribution in [3.8, 4) is 0 Å². The van der Waals surface area contributed by atoms with Gasteiger partial charge in [0.1, 0.15) is 6.10 Å². The molecule has 1 aromatic carbocycles. The lowest BCUT2D eigenvalue weighted by molar-refractivity contribution is -0.125. The van der Waals surface area contributed by atoms with Gasteiger partial charge in [0.15, 0.2) is 0 Å². The van der Waals surface area contributed by atoms with Gasteiger partial charge in [-0.1, -0.05) is 32.0 Å². The number of carbonyl (C=O) groups is 1. The van der Waals surface area contributed by atoms with Gasteiger partial charge in [0.05, 0.1) is 0 Å². The first kappa shape index (κ1) is 17.9. The molecule has 0 bridgehead atoms. The van der Waals surface area contributed by atoms with E-state index in [1.807, 2.05) is 25.1 Å². The molecule has 1 amide bonds. The van der Waals surface area contributed by atoms with Crippen LogP contribution in [0, 0.1) is 6.92 Å². The molecule has 0 radical (unpaired) electrons. The minimum Gasteiger partial charge on any atom is -0.370 e. The van der Waals surface area contributed by atoms with Crippen molar-refractivity contribution in [2.45, 2.75) is 32.8 Å². The number of anilines is 1. The summed E-state index contributed by atoms with van der Waals surface area (Å²) in [4.78, 5) is 12.0. The topological polar surface area (TPSA) is 64.3 Å². The highest BCUT2D eigenvalue weighted by Crippen LogP contribution is 2.27. The number of nitrogens with one attached hydrogen (secondary N) is 1. The highest BCUT2D eigenvalue weighted by Gasteiger charge is 2.18. The summed E-state index contributed by atoms with van der Waals surface area (Å²) in [6.07, 6.45) is -0.607. The van der Waals surface area contributed by atoms with Crippen LogP contribution < -0.4 is 11.1 Å². The highest BCUT2D eigenvalue weighted by atomic mass is 35.5. The Morgan fingerprint density at radius 3 is 2.53 bits per heavy atom. The normalized spacial score (nSPS) is 11.9. The van der Waals surface area contributed by atoms with E-state index in [2.05, 4.69) is 19.2 Å². The Morgan fingerprint density at radius 2 is 2.05 bits per heavy atom. The molecule has 0 spiro atoms. The van der Waals surface area contributed by atoms with Crippen molar-refractivity contribution in [2.24, 2.45) is 5.73 Å². The SMILES string of the molecule is COC(CN)C(=O)Nc1c(C)cccc1C(C)C.Cl. The van der Waals surface area contributed by atoms with Gasteiger partial charge in [0.25, 0.3) is 5.91 Å². The van der Waals surface area contributed by atoms with E-state index in [4.69, 9.17) is 10.5 Å². The molecule has 1 atom stereocenters. The zero-order valence-corrected chi connectivity index (χ0v) is 12.7. The molecule has 1 rings (SSSR count). The number of ether oxygens (including phenoxy) is 1. The van der Waals surface area contributed by atoms with Crippen LogP contribution in [-0.4, -0.2) is 25.7 Å². The Labute approximate surface area is 121 Å². The number of methoxy groups -OCH3 is 1. The Hall–Kier alpha value is -1.10. The lowest BCUT2D eigenvalue weighted by atomic mass is 9.98. The van der Waals surface area contributed by atoms with E-state index in [0.717, 1.165) is 16.8 Å². The van der Waals surface area contributed by atoms with Crippen LogP contribution in [-0.2, 0) is 9.53 Å². The Balaban J connectivity index is 0.00000324. The molecule has 0 aliphatic rings. The van der Waals surface area contributed by atoms with Crippen LogP contribution in [0.2, 0.25) is 0 Å². The number of aryl methyl sites for hydroxylation is 1. The summed E-state index contributed by atoms with van der Waals surface area (Å²) in [7, 11) is 1.48. The summed E-state index contributed by atoms with van der Waals surface area (Å²) >= 11 is 0. The fourth-order valence-electron chi connectivity index (χ4n) is 1.86. The van der Waals surface area contributed by atoms with Gasteiger partial charge in [-0.2, -0.15) is 0 Å². The fraction of sp³-hybridized carbons (Fsp3) is 0.500. The second-order valence-electron chi connectivity index (χ2n) is 4.64. The monoisotopic (exact) mass is 286 g/mol. The average molecular weight is 287 g/mol. The van der Waals surface area contributed by atoms with Gasteiger partial charge in [-0.25, -0.2) is 0 Å². The predicted molar refractivity (Wildman–Crippen MR) is 81.0 cm³/mol. The molecule has 5 heteroatoms. The Kier molecular flexibility index (Phi) is 7.68. The molecule has 0 fully saturated rings. The van der Waals surface area contributed by atoms with Gasteiger partial charge in [-0.3, -0.25) is 4.79 Å². The second kappa shape index (κ2) is 8.15. The first-order chi connectivity index (χ1) is 8.51. The summed E-state index contributed by atoms with van der Waals surface area (Å²) in [5.74, 6) is 0.148. The van der Waals surface area contributed by atoms with E-state index in [-0.39, 0.29) is 24.9 Å². The fourth-order valence-corrected chi connectivity index (χ4v) is 1.86. The van der Waals surface area contributed by atoms with E-state index < -0.39 is 6.10 Å². The molecule has 0 saturated heterocycles. The summed E-state index contributed by atoms with van der Waals surface area (Å²) in [5.41, 5.74) is 8.52.